The fraction of sp³-hybridized carbons (Fsp3) is 0.650. The van der Waals surface area contributed by atoms with E-state index in [-0.39, 0.29) is 36.0 Å². The van der Waals surface area contributed by atoms with Gasteiger partial charge in [-0.3, -0.25) is 9.59 Å². The smallest absolute Gasteiger partial charge is 0.404 e. The van der Waals surface area contributed by atoms with E-state index in [9.17, 15) is 14.4 Å². The molecule has 29 heavy (non-hydrogen) atoms. The average Bonchev–Trinajstić information content (AvgIpc) is 3.30. The molecule has 3 heterocycles. The summed E-state index contributed by atoms with van der Waals surface area (Å²) in [5.74, 6) is -1.13. The van der Waals surface area contributed by atoms with Crippen LogP contribution in [0, 0.1) is 5.92 Å². The lowest BCUT2D eigenvalue weighted by Gasteiger charge is -2.39. The predicted octanol–water partition coefficient (Wildman–Crippen LogP) is 0.597. The third kappa shape index (κ3) is 2.78. The number of hydrogen-bond acceptors (Lipinski definition) is 8. The number of carbonyl (C=O) groups is 3. The highest BCUT2D eigenvalue weighted by Gasteiger charge is 2.72. The first-order chi connectivity index (χ1) is 13.9. The number of allylic oxidation sites excluding steroid dienone is 2. The summed E-state index contributed by atoms with van der Waals surface area (Å²) in [6, 6.07) is 0.105. The number of ether oxygens (including phenoxy) is 3. The summed E-state index contributed by atoms with van der Waals surface area (Å²) in [5.41, 5.74) is 5.15. The van der Waals surface area contributed by atoms with Gasteiger partial charge in [0, 0.05) is 30.8 Å². The second kappa shape index (κ2) is 7.14. The molecule has 4 unspecified atom stereocenters. The van der Waals surface area contributed by atoms with Gasteiger partial charge in [-0.15, -0.1) is 0 Å². The van der Waals surface area contributed by atoms with Crippen LogP contribution in [0.5, 0.6) is 0 Å². The highest BCUT2D eigenvalue weighted by Crippen LogP contribution is 2.55. The molecule has 0 spiro atoms. The first kappa shape index (κ1) is 19.9. The normalized spacial score (nSPS) is 32.4. The summed E-state index contributed by atoms with van der Waals surface area (Å²) >= 11 is 0. The number of fused-ring (bicyclic) bond motifs is 4. The first-order valence-corrected chi connectivity index (χ1v) is 10.1. The Kier molecular flexibility index (Phi) is 4.90. The molecule has 1 aliphatic carbocycles. The molecule has 3 aliphatic heterocycles. The molecule has 4 atom stereocenters. The molecule has 2 fully saturated rings. The SMILES string of the molecule is CCCCCOC1=C(C)C(=O)C2=C(C1=O)C(COC(N)=O)C1(OC)C3NC3CN21. The average molecular weight is 405 g/mol. The lowest BCUT2D eigenvalue weighted by molar-refractivity contribution is -0.137. The molecule has 0 aromatic rings. The van der Waals surface area contributed by atoms with Gasteiger partial charge in [-0.2, -0.15) is 0 Å². The van der Waals surface area contributed by atoms with E-state index in [4.69, 9.17) is 19.9 Å². The topological polar surface area (TPSA) is 130 Å². The Morgan fingerprint density at radius 2 is 2.07 bits per heavy atom. The Morgan fingerprint density at radius 1 is 1.31 bits per heavy atom. The Hall–Kier alpha value is -2.39. The zero-order valence-electron chi connectivity index (χ0n) is 16.9. The maximum absolute atomic E-state index is 13.4. The molecule has 158 valence electrons. The largest absolute Gasteiger partial charge is 0.489 e. The molecule has 1 amide bonds. The maximum Gasteiger partial charge on any atom is 0.404 e. The molecule has 0 aromatic carbocycles. The molecule has 4 aliphatic rings. The number of piperazine rings is 1. The van der Waals surface area contributed by atoms with Crippen molar-refractivity contribution in [2.45, 2.75) is 50.9 Å². The zero-order chi connectivity index (χ0) is 20.9. The maximum atomic E-state index is 13.4. The summed E-state index contributed by atoms with van der Waals surface area (Å²) in [7, 11) is 1.54. The lowest BCUT2D eigenvalue weighted by atomic mass is 9.83. The molecule has 3 N–H and O–H groups in total. The fourth-order valence-corrected chi connectivity index (χ4v) is 4.97. The lowest BCUT2D eigenvalue weighted by Crippen LogP contribution is -2.55. The van der Waals surface area contributed by atoms with Gasteiger partial charge in [0.15, 0.2) is 11.5 Å². The van der Waals surface area contributed by atoms with E-state index >= 15 is 0 Å². The molecule has 9 heteroatoms. The number of ketones is 2. The van der Waals surface area contributed by atoms with Crippen molar-refractivity contribution in [1.82, 2.24) is 10.2 Å². The minimum Gasteiger partial charge on any atom is -0.489 e. The number of unbranched alkanes of at least 4 members (excludes halogenated alkanes) is 2. The molecular weight excluding hydrogens is 378 g/mol. The predicted molar refractivity (Wildman–Crippen MR) is 101 cm³/mol. The van der Waals surface area contributed by atoms with Gasteiger partial charge in [-0.05, 0) is 13.3 Å². The van der Waals surface area contributed by atoms with Gasteiger partial charge in [0.2, 0.25) is 11.6 Å². The highest BCUT2D eigenvalue weighted by molar-refractivity contribution is 6.25. The van der Waals surface area contributed by atoms with Crippen molar-refractivity contribution >= 4 is 17.7 Å². The standard InChI is InChI=1S/C20H27N3O6/c1-4-5-6-7-28-17-10(2)15(24)14-13(16(17)25)11(9-29-19(21)26)20(27-3)18-12(22-18)8-23(14)20/h11-12,18,22H,4-9H2,1-3H3,(H2,21,26). The number of amides is 1. The van der Waals surface area contributed by atoms with Gasteiger partial charge >= 0.3 is 6.09 Å². The summed E-state index contributed by atoms with van der Waals surface area (Å²) in [6.07, 6.45) is 1.87. The minimum atomic E-state index is -0.964. The number of Topliss-reactive ketones (excluding diaryl/α,β-unsaturated/α-hetero) is 2. The number of nitrogens with zero attached hydrogens (tertiary/aromatic N) is 1. The third-order valence-corrected chi connectivity index (χ3v) is 6.37. The van der Waals surface area contributed by atoms with E-state index < -0.39 is 17.7 Å². The van der Waals surface area contributed by atoms with Crippen LogP contribution in [0.2, 0.25) is 0 Å². The summed E-state index contributed by atoms with van der Waals surface area (Å²) < 4.78 is 16.8. The molecule has 2 saturated heterocycles. The second-order valence-electron chi connectivity index (χ2n) is 7.93. The van der Waals surface area contributed by atoms with Gasteiger partial charge in [-0.1, -0.05) is 19.8 Å². The van der Waals surface area contributed by atoms with Crippen molar-refractivity contribution in [3.05, 3.63) is 22.6 Å². The van der Waals surface area contributed by atoms with Crippen molar-refractivity contribution in [3.8, 4) is 0 Å². The minimum absolute atomic E-state index is 0.0607. The van der Waals surface area contributed by atoms with E-state index in [1.165, 1.54) is 0 Å². The van der Waals surface area contributed by atoms with E-state index in [0.29, 0.717) is 30.0 Å². The van der Waals surface area contributed by atoms with Gasteiger partial charge in [0.1, 0.15) is 6.61 Å². The summed E-state index contributed by atoms with van der Waals surface area (Å²) in [6.45, 7) is 4.47. The molecule has 9 nitrogen and oxygen atoms in total. The Bertz CT molecular complexity index is 834. The summed E-state index contributed by atoms with van der Waals surface area (Å²) in [4.78, 5) is 39.8. The number of carbonyl (C=O) groups excluding carboxylic acids is 3. The van der Waals surface area contributed by atoms with Crippen LogP contribution in [0.15, 0.2) is 22.6 Å². The number of hydrogen-bond donors (Lipinski definition) is 2. The number of rotatable bonds is 8. The van der Waals surface area contributed by atoms with Gasteiger partial charge in [-0.25, -0.2) is 4.79 Å². The first-order valence-electron chi connectivity index (χ1n) is 10.1. The Labute approximate surface area is 169 Å². The fourth-order valence-electron chi connectivity index (χ4n) is 4.97. The highest BCUT2D eigenvalue weighted by atomic mass is 16.6. The van der Waals surface area contributed by atoms with E-state index in [2.05, 4.69) is 12.2 Å². The number of nitrogens with one attached hydrogen (secondary N) is 1. The van der Waals surface area contributed by atoms with Crippen LogP contribution < -0.4 is 11.1 Å². The van der Waals surface area contributed by atoms with Gasteiger partial charge in [0.05, 0.1) is 24.3 Å². The van der Waals surface area contributed by atoms with Crippen LogP contribution >= 0.6 is 0 Å². The van der Waals surface area contributed by atoms with Crippen molar-refractivity contribution < 1.29 is 28.6 Å². The second-order valence-corrected chi connectivity index (χ2v) is 7.93. The monoisotopic (exact) mass is 405 g/mol. The van der Waals surface area contributed by atoms with Crippen LogP contribution in [0.3, 0.4) is 0 Å². The van der Waals surface area contributed by atoms with Crippen molar-refractivity contribution in [2.24, 2.45) is 11.7 Å². The van der Waals surface area contributed by atoms with E-state index in [1.54, 1.807) is 14.0 Å². The summed E-state index contributed by atoms with van der Waals surface area (Å²) in [5, 5.41) is 3.33. The number of nitrogens with two attached hydrogens (primary N) is 1. The van der Waals surface area contributed by atoms with Crippen molar-refractivity contribution in [3.63, 3.8) is 0 Å². The van der Waals surface area contributed by atoms with Crippen LogP contribution in [-0.2, 0) is 23.8 Å². The van der Waals surface area contributed by atoms with Gasteiger partial charge < -0.3 is 30.2 Å². The molecule has 0 saturated carbocycles. The van der Waals surface area contributed by atoms with Crippen LogP contribution in [-0.4, -0.2) is 67.2 Å². The van der Waals surface area contributed by atoms with Crippen LogP contribution in [0.25, 0.3) is 0 Å². The van der Waals surface area contributed by atoms with Gasteiger partial charge in [0.25, 0.3) is 0 Å². The van der Waals surface area contributed by atoms with Crippen LogP contribution in [0.4, 0.5) is 4.79 Å². The van der Waals surface area contributed by atoms with Crippen molar-refractivity contribution in [1.29, 1.82) is 0 Å². The molecule has 0 aromatic heterocycles. The molecular formula is C20H27N3O6. The Morgan fingerprint density at radius 3 is 2.72 bits per heavy atom. The molecule has 0 bridgehead atoms. The third-order valence-electron chi connectivity index (χ3n) is 6.37. The Balaban J connectivity index is 1.69. The number of methoxy groups -OCH3 is 1. The number of primary amides is 1. The van der Waals surface area contributed by atoms with Crippen molar-refractivity contribution in [2.75, 3.05) is 26.9 Å². The molecule has 4 rings (SSSR count). The molecule has 0 radical (unpaired) electrons. The zero-order valence-corrected chi connectivity index (χ0v) is 16.9. The van der Waals surface area contributed by atoms with E-state index in [1.807, 2.05) is 4.90 Å². The quantitative estimate of drug-likeness (QED) is 0.341. The van der Waals surface area contributed by atoms with Crippen LogP contribution in [0.1, 0.15) is 33.1 Å². The van der Waals surface area contributed by atoms with E-state index in [0.717, 1.165) is 19.3 Å².